The number of hydrogen-bond acceptors (Lipinski definition) is 6. The second kappa shape index (κ2) is 7.10. The monoisotopic (exact) mass is 441 g/mol. The zero-order valence-corrected chi connectivity index (χ0v) is 17.7. The SMILES string of the molecule is CC1(C)C(N)=N[C@](C)(c2cc(NC(=O)c3[nH]ncc3Cl)ccc2F)CCS1(=O)=O. The molecule has 11 heteroatoms. The van der Waals surface area contributed by atoms with Crippen molar-refractivity contribution in [1.82, 2.24) is 10.2 Å². The quantitative estimate of drug-likeness (QED) is 0.673. The maximum Gasteiger partial charge on any atom is 0.275 e. The first-order chi connectivity index (χ1) is 13.4. The van der Waals surface area contributed by atoms with Crippen molar-refractivity contribution in [3.05, 3.63) is 46.5 Å². The van der Waals surface area contributed by atoms with Gasteiger partial charge in [-0.3, -0.25) is 14.9 Å². The summed E-state index contributed by atoms with van der Waals surface area (Å²) < 4.78 is 38.5. The van der Waals surface area contributed by atoms with Crippen molar-refractivity contribution in [3.63, 3.8) is 0 Å². The van der Waals surface area contributed by atoms with Gasteiger partial charge in [0.15, 0.2) is 9.84 Å². The predicted octanol–water partition coefficient (Wildman–Crippen LogP) is 2.62. The molecule has 2 heterocycles. The van der Waals surface area contributed by atoms with Crippen molar-refractivity contribution in [2.45, 2.75) is 37.5 Å². The minimum atomic E-state index is -3.58. The average molecular weight is 442 g/mol. The van der Waals surface area contributed by atoms with E-state index in [1.807, 2.05) is 0 Å². The van der Waals surface area contributed by atoms with Crippen molar-refractivity contribution in [2.24, 2.45) is 10.7 Å². The molecule has 1 atom stereocenters. The lowest BCUT2D eigenvalue weighted by atomic mass is 9.88. The molecule has 1 aromatic heterocycles. The number of nitrogens with one attached hydrogen (secondary N) is 2. The molecule has 1 amide bonds. The van der Waals surface area contributed by atoms with Crippen LogP contribution in [-0.4, -0.2) is 40.9 Å². The first kappa shape index (κ1) is 21.3. The van der Waals surface area contributed by atoms with E-state index in [9.17, 15) is 17.6 Å². The number of H-pyrrole nitrogens is 1. The van der Waals surface area contributed by atoms with Crippen molar-refractivity contribution < 1.29 is 17.6 Å². The lowest BCUT2D eigenvalue weighted by molar-refractivity contribution is 0.102. The molecule has 1 aromatic carbocycles. The summed E-state index contributed by atoms with van der Waals surface area (Å²) in [5.41, 5.74) is 5.26. The Hall–Kier alpha value is -2.46. The molecule has 4 N–H and O–H groups in total. The number of anilines is 1. The fourth-order valence-corrected chi connectivity index (χ4v) is 4.76. The summed E-state index contributed by atoms with van der Waals surface area (Å²) in [6.45, 7) is 4.58. The molecular weight excluding hydrogens is 421 g/mol. The van der Waals surface area contributed by atoms with Crippen molar-refractivity contribution in [1.29, 1.82) is 0 Å². The van der Waals surface area contributed by atoms with E-state index in [1.54, 1.807) is 6.92 Å². The number of carbonyl (C=O) groups excluding carboxylic acids is 1. The minimum absolute atomic E-state index is 0.0418. The van der Waals surface area contributed by atoms with E-state index < -0.39 is 31.8 Å². The summed E-state index contributed by atoms with van der Waals surface area (Å²) >= 11 is 5.89. The molecule has 0 saturated heterocycles. The molecule has 29 heavy (non-hydrogen) atoms. The number of carbonyl (C=O) groups is 1. The van der Waals surface area contributed by atoms with Gasteiger partial charge < -0.3 is 11.1 Å². The van der Waals surface area contributed by atoms with Crippen LogP contribution in [-0.2, 0) is 15.4 Å². The van der Waals surface area contributed by atoms with E-state index >= 15 is 0 Å². The summed E-state index contributed by atoms with van der Waals surface area (Å²) in [7, 11) is -3.58. The number of amidine groups is 1. The van der Waals surface area contributed by atoms with E-state index in [2.05, 4.69) is 20.5 Å². The Bertz CT molecular complexity index is 1110. The first-order valence-electron chi connectivity index (χ1n) is 8.76. The fourth-order valence-electron chi connectivity index (χ4n) is 3.04. The summed E-state index contributed by atoms with van der Waals surface area (Å²) in [5.74, 6) is -1.43. The maximum atomic E-state index is 14.7. The lowest BCUT2D eigenvalue weighted by Crippen LogP contribution is -2.45. The number of benzene rings is 1. The molecular formula is C18H21ClFN5O3S. The summed E-state index contributed by atoms with van der Waals surface area (Å²) in [6, 6.07) is 3.98. The Morgan fingerprint density at radius 3 is 2.66 bits per heavy atom. The van der Waals surface area contributed by atoms with E-state index in [-0.39, 0.29) is 34.3 Å². The van der Waals surface area contributed by atoms with E-state index in [1.165, 1.54) is 38.2 Å². The highest BCUT2D eigenvalue weighted by molar-refractivity contribution is 7.93. The molecule has 0 bridgehead atoms. The Labute approximate surface area is 172 Å². The zero-order valence-electron chi connectivity index (χ0n) is 16.1. The van der Waals surface area contributed by atoms with Crippen LogP contribution in [0.4, 0.5) is 10.1 Å². The van der Waals surface area contributed by atoms with Gasteiger partial charge in [0.1, 0.15) is 22.1 Å². The number of halogens is 2. The van der Waals surface area contributed by atoms with Crippen LogP contribution in [0.2, 0.25) is 5.02 Å². The first-order valence-corrected chi connectivity index (χ1v) is 10.8. The van der Waals surface area contributed by atoms with Gasteiger partial charge in [-0.05, 0) is 45.4 Å². The molecule has 3 rings (SSSR count). The second-order valence-corrected chi connectivity index (χ2v) is 10.7. The minimum Gasteiger partial charge on any atom is -0.386 e. The summed E-state index contributed by atoms with van der Waals surface area (Å²) in [5, 5.41) is 8.91. The third kappa shape index (κ3) is 3.74. The van der Waals surface area contributed by atoms with Crippen molar-refractivity contribution >= 4 is 38.9 Å². The Morgan fingerprint density at radius 1 is 1.34 bits per heavy atom. The lowest BCUT2D eigenvalue weighted by Gasteiger charge is -2.26. The number of amides is 1. The van der Waals surface area contributed by atoms with Gasteiger partial charge in [-0.15, -0.1) is 0 Å². The average Bonchev–Trinajstić information content (AvgIpc) is 3.05. The number of aromatic nitrogens is 2. The smallest absolute Gasteiger partial charge is 0.275 e. The fraction of sp³-hybridized carbons (Fsp3) is 0.389. The van der Waals surface area contributed by atoms with Crippen LogP contribution in [0.3, 0.4) is 0 Å². The number of rotatable bonds is 3. The van der Waals surface area contributed by atoms with Crippen LogP contribution >= 0.6 is 11.6 Å². The Morgan fingerprint density at radius 2 is 2.03 bits per heavy atom. The molecule has 0 saturated carbocycles. The topological polar surface area (TPSA) is 130 Å². The highest BCUT2D eigenvalue weighted by Gasteiger charge is 2.45. The number of sulfone groups is 1. The van der Waals surface area contributed by atoms with Crippen LogP contribution in [0.1, 0.15) is 43.2 Å². The van der Waals surface area contributed by atoms with Crippen LogP contribution in [0.5, 0.6) is 0 Å². The number of aliphatic imine (C=N–C) groups is 1. The number of aromatic amines is 1. The molecule has 1 aliphatic heterocycles. The largest absolute Gasteiger partial charge is 0.386 e. The maximum absolute atomic E-state index is 14.7. The summed E-state index contributed by atoms with van der Waals surface area (Å²) in [4.78, 5) is 16.7. The Balaban J connectivity index is 2.00. The van der Waals surface area contributed by atoms with Gasteiger partial charge >= 0.3 is 0 Å². The zero-order chi connectivity index (χ0) is 21.6. The third-order valence-corrected chi connectivity index (χ3v) is 8.04. The highest BCUT2D eigenvalue weighted by Crippen LogP contribution is 2.38. The van der Waals surface area contributed by atoms with Gasteiger partial charge in [-0.2, -0.15) is 5.10 Å². The highest BCUT2D eigenvalue weighted by atomic mass is 35.5. The van der Waals surface area contributed by atoms with Gasteiger partial charge in [-0.25, -0.2) is 12.8 Å². The molecule has 156 valence electrons. The van der Waals surface area contributed by atoms with E-state index in [4.69, 9.17) is 17.3 Å². The molecule has 0 spiro atoms. The normalized spacial score (nSPS) is 23.1. The standard InChI is InChI=1S/C18H21ClFN5O3S/c1-17(2)16(21)24-18(3,6-7-29(17,27)28)11-8-10(4-5-13(11)20)23-15(26)14-12(19)9-22-25-14/h4-5,8-9H,6-7H2,1-3H3,(H2,21,24)(H,22,25)(H,23,26)/t18-/m0/s1. The van der Waals surface area contributed by atoms with Crippen molar-refractivity contribution in [2.75, 3.05) is 11.1 Å². The molecule has 8 nitrogen and oxygen atoms in total. The number of nitrogens with zero attached hydrogens (tertiary/aromatic N) is 2. The van der Waals surface area contributed by atoms with Crippen LogP contribution in [0, 0.1) is 5.82 Å². The van der Waals surface area contributed by atoms with E-state index in [0.29, 0.717) is 5.69 Å². The van der Waals surface area contributed by atoms with Gasteiger partial charge in [0, 0.05) is 11.3 Å². The Kier molecular flexibility index (Phi) is 5.20. The molecule has 0 aliphatic carbocycles. The van der Waals surface area contributed by atoms with Crippen molar-refractivity contribution in [3.8, 4) is 0 Å². The summed E-state index contributed by atoms with van der Waals surface area (Å²) in [6.07, 6.45) is 1.33. The van der Waals surface area contributed by atoms with Gasteiger partial charge in [-0.1, -0.05) is 11.6 Å². The van der Waals surface area contributed by atoms with Crippen LogP contribution < -0.4 is 11.1 Å². The molecule has 1 aliphatic rings. The molecule has 0 unspecified atom stereocenters. The number of nitrogens with two attached hydrogens (primary N) is 1. The van der Waals surface area contributed by atoms with E-state index in [0.717, 1.165) is 0 Å². The second-order valence-electron chi connectivity index (χ2n) is 7.59. The van der Waals surface area contributed by atoms with Gasteiger partial charge in [0.05, 0.1) is 22.5 Å². The molecule has 2 aromatic rings. The molecule has 0 fully saturated rings. The predicted molar refractivity (Wildman–Crippen MR) is 109 cm³/mol. The number of hydrogen-bond donors (Lipinski definition) is 3. The molecule has 0 radical (unpaired) electrons. The van der Waals surface area contributed by atoms with Gasteiger partial charge in [0.25, 0.3) is 5.91 Å². The van der Waals surface area contributed by atoms with Crippen LogP contribution in [0.15, 0.2) is 29.4 Å². The van der Waals surface area contributed by atoms with Crippen LogP contribution in [0.25, 0.3) is 0 Å². The van der Waals surface area contributed by atoms with Gasteiger partial charge in [0.2, 0.25) is 0 Å². The third-order valence-electron chi connectivity index (χ3n) is 5.24.